The number of carbonyl (C=O) groups excluding carboxylic acids is 1. The Morgan fingerprint density at radius 2 is 1.86 bits per heavy atom. The second kappa shape index (κ2) is 8.18. The molecule has 0 spiro atoms. The number of hydrogen-bond acceptors (Lipinski definition) is 5. The number of anilines is 1. The Labute approximate surface area is 162 Å². The van der Waals surface area contributed by atoms with E-state index in [4.69, 9.17) is 4.42 Å². The Hall–Kier alpha value is -3.93. The molecule has 6 heteroatoms. The van der Waals surface area contributed by atoms with Gasteiger partial charge in [-0.3, -0.25) is 15.6 Å². The Morgan fingerprint density at radius 3 is 2.61 bits per heavy atom. The summed E-state index contributed by atoms with van der Waals surface area (Å²) in [6.45, 7) is 0.427. The van der Waals surface area contributed by atoms with Crippen LogP contribution < -0.4 is 21.5 Å². The average molecular weight is 372 g/mol. The molecule has 2 heterocycles. The zero-order chi connectivity index (χ0) is 19.2. The first kappa shape index (κ1) is 17.5. The van der Waals surface area contributed by atoms with E-state index in [2.05, 4.69) is 21.5 Å². The zero-order valence-electron chi connectivity index (χ0n) is 15.1. The summed E-state index contributed by atoms with van der Waals surface area (Å²) in [7, 11) is 0. The molecule has 2 aromatic carbocycles. The van der Waals surface area contributed by atoms with E-state index in [0.29, 0.717) is 12.1 Å². The van der Waals surface area contributed by atoms with Crippen molar-refractivity contribution in [2.75, 3.05) is 5.32 Å². The maximum absolute atomic E-state index is 12.4. The quantitative estimate of drug-likeness (QED) is 0.532. The van der Waals surface area contributed by atoms with Crippen molar-refractivity contribution in [1.82, 2.24) is 16.2 Å². The number of allylic oxidation sites excluding steroid dienone is 2. The normalized spacial score (nSPS) is 12.9. The van der Waals surface area contributed by atoms with Gasteiger partial charge in [0.1, 0.15) is 5.82 Å². The molecule has 1 amide bonds. The molecule has 1 aliphatic heterocycles. The summed E-state index contributed by atoms with van der Waals surface area (Å²) in [6, 6.07) is 19.2. The van der Waals surface area contributed by atoms with Gasteiger partial charge in [-0.05, 0) is 42.0 Å². The van der Waals surface area contributed by atoms with Gasteiger partial charge in [-0.1, -0.05) is 36.4 Å². The van der Waals surface area contributed by atoms with Crippen LogP contribution in [-0.2, 0) is 6.54 Å². The number of furan rings is 1. The van der Waals surface area contributed by atoms with Gasteiger partial charge in [0.15, 0.2) is 0 Å². The van der Waals surface area contributed by atoms with Crippen molar-refractivity contribution in [2.24, 2.45) is 0 Å². The number of rotatable bonds is 6. The fraction of sp³-hybridized carbons (Fsp3) is 0.0455. The minimum absolute atomic E-state index is 0.139. The number of hydrazine groups is 1. The SMILES string of the molecule is O=C(NCc1ccoc1)c1cccc(NC2=CC=C(c3ccccc3)NN2)c1. The van der Waals surface area contributed by atoms with Crippen molar-refractivity contribution in [3.05, 3.63) is 108 Å². The summed E-state index contributed by atoms with van der Waals surface area (Å²) in [5.41, 5.74) is 10.7. The number of carbonyl (C=O) groups is 1. The first-order valence-corrected chi connectivity index (χ1v) is 8.94. The van der Waals surface area contributed by atoms with Crippen LogP contribution in [-0.4, -0.2) is 5.91 Å². The lowest BCUT2D eigenvalue weighted by molar-refractivity contribution is 0.0951. The van der Waals surface area contributed by atoms with Gasteiger partial charge in [-0.15, -0.1) is 0 Å². The molecule has 28 heavy (non-hydrogen) atoms. The highest BCUT2D eigenvalue weighted by Gasteiger charge is 2.09. The van der Waals surface area contributed by atoms with Gasteiger partial charge in [0, 0.05) is 23.4 Å². The lowest BCUT2D eigenvalue weighted by Crippen LogP contribution is -2.35. The maximum Gasteiger partial charge on any atom is 0.251 e. The van der Waals surface area contributed by atoms with E-state index in [1.54, 1.807) is 18.6 Å². The summed E-state index contributed by atoms with van der Waals surface area (Å²) in [4.78, 5) is 12.4. The van der Waals surface area contributed by atoms with Crippen LogP contribution in [0.5, 0.6) is 0 Å². The largest absolute Gasteiger partial charge is 0.472 e. The Morgan fingerprint density at radius 1 is 0.964 bits per heavy atom. The average Bonchev–Trinajstić information content (AvgIpc) is 3.27. The second-order valence-corrected chi connectivity index (χ2v) is 6.30. The van der Waals surface area contributed by atoms with Gasteiger partial charge in [0.2, 0.25) is 0 Å². The molecule has 0 aliphatic carbocycles. The van der Waals surface area contributed by atoms with Gasteiger partial charge in [-0.25, -0.2) is 0 Å². The molecule has 4 N–H and O–H groups in total. The highest BCUT2D eigenvalue weighted by Crippen LogP contribution is 2.16. The summed E-state index contributed by atoms with van der Waals surface area (Å²) >= 11 is 0. The van der Waals surface area contributed by atoms with Crippen LogP contribution >= 0.6 is 0 Å². The zero-order valence-corrected chi connectivity index (χ0v) is 15.1. The lowest BCUT2D eigenvalue weighted by atomic mass is 10.1. The third kappa shape index (κ3) is 4.24. The maximum atomic E-state index is 12.4. The standard InChI is InChI=1S/C22H20N4O2/c27-22(23-14-16-11-12-28-15-16)18-7-4-8-19(13-18)24-21-10-9-20(25-26-21)17-5-2-1-3-6-17/h1-13,15,24-26H,14H2,(H,23,27). The van der Waals surface area contributed by atoms with Crippen LogP contribution in [0.25, 0.3) is 5.70 Å². The molecule has 0 unspecified atom stereocenters. The summed E-state index contributed by atoms with van der Waals surface area (Å²) < 4.78 is 5.01. The predicted octanol–water partition coefficient (Wildman–Crippen LogP) is 3.61. The topological polar surface area (TPSA) is 78.3 Å². The molecule has 3 aromatic rings. The molecule has 1 aromatic heterocycles. The second-order valence-electron chi connectivity index (χ2n) is 6.30. The van der Waals surface area contributed by atoms with Gasteiger partial charge >= 0.3 is 0 Å². The lowest BCUT2D eigenvalue weighted by Gasteiger charge is -2.21. The molecular formula is C22H20N4O2. The van der Waals surface area contributed by atoms with Gasteiger partial charge in [0.25, 0.3) is 5.91 Å². The van der Waals surface area contributed by atoms with Crippen LogP contribution in [0.1, 0.15) is 21.5 Å². The summed E-state index contributed by atoms with van der Waals surface area (Å²) in [5.74, 6) is 0.649. The van der Waals surface area contributed by atoms with Crippen molar-refractivity contribution >= 4 is 17.3 Å². The van der Waals surface area contributed by atoms with E-state index < -0.39 is 0 Å². The van der Waals surface area contributed by atoms with Crippen molar-refractivity contribution in [1.29, 1.82) is 0 Å². The molecule has 0 fully saturated rings. The van der Waals surface area contributed by atoms with E-state index >= 15 is 0 Å². The van der Waals surface area contributed by atoms with Crippen molar-refractivity contribution in [3.8, 4) is 0 Å². The van der Waals surface area contributed by atoms with Crippen molar-refractivity contribution in [2.45, 2.75) is 6.54 Å². The first-order valence-electron chi connectivity index (χ1n) is 8.94. The molecule has 0 bridgehead atoms. The Balaban J connectivity index is 1.40. The molecule has 0 saturated carbocycles. The first-order chi connectivity index (χ1) is 13.8. The van der Waals surface area contributed by atoms with Gasteiger partial charge in [-0.2, -0.15) is 0 Å². The van der Waals surface area contributed by atoms with Crippen LogP contribution in [0.2, 0.25) is 0 Å². The predicted molar refractivity (Wildman–Crippen MR) is 109 cm³/mol. The van der Waals surface area contributed by atoms with E-state index in [1.165, 1.54) is 0 Å². The molecule has 140 valence electrons. The highest BCUT2D eigenvalue weighted by molar-refractivity contribution is 5.95. The van der Waals surface area contributed by atoms with E-state index in [-0.39, 0.29) is 5.91 Å². The van der Waals surface area contributed by atoms with E-state index in [0.717, 1.165) is 28.3 Å². The molecule has 0 saturated heterocycles. The molecule has 4 rings (SSSR count). The van der Waals surface area contributed by atoms with Gasteiger partial charge < -0.3 is 15.1 Å². The smallest absolute Gasteiger partial charge is 0.251 e. The molecule has 0 atom stereocenters. The van der Waals surface area contributed by atoms with Crippen LogP contribution in [0.4, 0.5) is 5.69 Å². The number of hydrogen-bond donors (Lipinski definition) is 4. The van der Waals surface area contributed by atoms with E-state index in [1.807, 2.05) is 66.7 Å². The number of nitrogens with one attached hydrogen (secondary N) is 4. The van der Waals surface area contributed by atoms with E-state index in [9.17, 15) is 4.79 Å². The highest BCUT2D eigenvalue weighted by atomic mass is 16.3. The minimum Gasteiger partial charge on any atom is -0.472 e. The summed E-state index contributed by atoms with van der Waals surface area (Å²) in [6.07, 6.45) is 7.15. The molecular weight excluding hydrogens is 352 g/mol. The monoisotopic (exact) mass is 372 g/mol. The van der Waals surface area contributed by atoms with Crippen LogP contribution in [0, 0.1) is 0 Å². The van der Waals surface area contributed by atoms with Gasteiger partial charge in [0.05, 0.1) is 18.2 Å². The number of amides is 1. The van der Waals surface area contributed by atoms with Crippen molar-refractivity contribution in [3.63, 3.8) is 0 Å². The minimum atomic E-state index is -0.139. The number of benzene rings is 2. The molecule has 6 nitrogen and oxygen atoms in total. The Bertz CT molecular complexity index is 1010. The third-order valence-corrected chi connectivity index (χ3v) is 4.27. The fourth-order valence-corrected chi connectivity index (χ4v) is 2.82. The third-order valence-electron chi connectivity index (χ3n) is 4.27. The summed E-state index contributed by atoms with van der Waals surface area (Å²) in [5, 5.41) is 6.14. The Kier molecular flexibility index (Phi) is 5.11. The molecule has 1 aliphatic rings. The van der Waals surface area contributed by atoms with Crippen LogP contribution in [0.3, 0.4) is 0 Å². The van der Waals surface area contributed by atoms with Crippen LogP contribution in [0.15, 0.2) is 95.6 Å². The molecule has 0 radical (unpaired) electrons. The fourth-order valence-electron chi connectivity index (χ4n) is 2.82. The van der Waals surface area contributed by atoms with Crippen molar-refractivity contribution < 1.29 is 9.21 Å².